The molecule has 0 aliphatic carbocycles. The van der Waals surface area contributed by atoms with Crippen LogP contribution in [0.1, 0.15) is 34.1 Å². The van der Waals surface area contributed by atoms with Crippen molar-refractivity contribution in [3.8, 4) is 0 Å². The smallest absolute Gasteiger partial charge is 0.244 e. The Morgan fingerprint density at radius 3 is 1.81 bits per heavy atom. The minimum Gasteiger partial charge on any atom is -0.326 e. The van der Waals surface area contributed by atoms with Gasteiger partial charge in [-0.2, -0.15) is 0 Å². The molecule has 3 aromatic carbocycles. The minimum absolute atomic E-state index is 0.00260. The highest BCUT2D eigenvalue weighted by atomic mass is 32.2. The van der Waals surface area contributed by atoms with Crippen LogP contribution in [0.15, 0.2) is 89.8 Å². The van der Waals surface area contributed by atoms with Crippen molar-refractivity contribution in [1.82, 2.24) is 0 Å². The van der Waals surface area contributed by atoms with Crippen LogP contribution in [0.25, 0.3) is 0 Å². The van der Waals surface area contributed by atoms with Crippen LogP contribution in [0.2, 0.25) is 0 Å². The molecule has 0 bridgehead atoms. The van der Waals surface area contributed by atoms with E-state index in [1.807, 2.05) is 113 Å². The predicted molar refractivity (Wildman–Crippen MR) is 134 cm³/mol. The van der Waals surface area contributed by atoms with Crippen molar-refractivity contribution in [2.75, 3.05) is 10.2 Å². The molecule has 0 spiro atoms. The molecule has 0 saturated heterocycles. The number of nitrogens with zero attached hydrogens (tertiary/aromatic N) is 1. The summed E-state index contributed by atoms with van der Waals surface area (Å²) >= 11 is 1.50. The topological polar surface area (TPSA) is 49.4 Å². The van der Waals surface area contributed by atoms with E-state index in [4.69, 9.17) is 0 Å². The van der Waals surface area contributed by atoms with Crippen LogP contribution < -0.4 is 10.2 Å². The Kier molecular flexibility index (Phi) is 7.75. The van der Waals surface area contributed by atoms with Gasteiger partial charge in [-0.25, -0.2) is 0 Å². The lowest BCUT2D eigenvalue weighted by Crippen LogP contribution is -2.32. The molecule has 4 nitrogen and oxygen atoms in total. The summed E-state index contributed by atoms with van der Waals surface area (Å²) in [4.78, 5) is 28.3. The van der Waals surface area contributed by atoms with Crippen LogP contribution in [0.3, 0.4) is 0 Å². The second-order valence-corrected chi connectivity index (χ2v) is 10.3. The lowest BCUT2D eigenvalue weighted by Gasteiger charge is -2.26. The Labute approximate surface area is 195 Å². The lowest BCUT2D eigenvalue weighted by molar-refractivity contribution is -0.118. The summed E-state index contributed by atoms with van der Waals surface area (Å²) < 4.78 is 0. The first-order valence-corrected chi connectivity index (χ1v) is 11.6. The molecule has 0 heterocycles. The molecule has 1 unspecified atom stereocenters. The van der Waals surface area contributed by atoms with Crippen LogP contribution in [-0.2, 0) is 9.59 Å². The van der Waals surface area contributed by atoms with Gasteiger partial charge in [0.25, 0.3) is 0 Å². The maximum Gasteiger partial charge on any atom is 0.244 e. The normalized spacial score (nSPS) is 12.1. The Hall–Kier alpha value is -3.05. The Morgan fingerprint density at radius 2 is 1.34 bits per heavy atom. The summed E-state index contributed by atoms with van der Waals surface area (Å²) in [7, 11) is 0. The second kappa shape index (κ2) is 10.5. The van der Waals surface area contributed by atoms with E-state index in [2.05, 4.69) is 5.32 Å². The van der Waals surface area contributed by atoms with E-state index in [-0.39, 0.29) is 22.5 Å². The summed E-state index contributed by atoms with van der Waals surface area (Å²) in [6.07, 6.45) is 0.462. The molecular weight excluding hydrogens is 416 g/mol. The fraction of sp³-hybridized carbons (Fsp3) is 0.259. The second-order valence-electron chi connectivity index (χ2n) is 8.91. The van der Waals surface area contributed by atoms with Crippen molar-refractivity contribution in [2.45, 2.75) is 44.3 Å². The summed E-state index contributed by atoms with van der Waals surface area (Å²) in [5.41, 5.74) is 2.39. The number of carbonyl (C=O) groups excluding carboxylic acids is 2. The zero-order valence-corrected chi connectivity index (χ0v) is 19.9. The SMILES string of the molecule is CC(Sc1ccc(NC(=O)CC(C)(C)C)cc1)C(=O)N(c1ccccc1)c1ccccc1. The first-order chi connectivity index (χ1) is 15.2. The maximum absolute atomic E-state index is 13.4. The summed E-state index contributed by atoms with van der Waals surface area (Å²) in [6, 6.07) is 27.0. The van der Waals surface area contributed by atoms with Crippen LogP contribution >= 0.6 is 11.8 Å². The number of hydrogen-bond acceptors (Lipinski definition) is 3. The summed E-state index contributed by atoms with van der Waals surface area (Å²) in [6.45, 7) is 8.04. The number of rotatable bonds is 7. The average molecular weight is 447 g/mol. The van der Waals surface area contributed by atoms with Crippen molar-refractivity contribution >= 4 is 40.6 Å². The highest BCUT2D eigenvalue weighted by Gasteiger charge is 2.24. The maximum atomic E-state index is 13.4. The average Bonchev–Trinajstić information content (AvgIpc) is 2.75. The zero-order chi connectivity index (χ0) is 23.1. The van der Waals surface area contributed by atoms with Crippen molar-refractivity contribution in [3.05, 3.63) is 84.9 Å². The molecule has 1 N–H and O–H groups in total. The molecule has 32 heavy (non-hydrogen) atoms. The number of amides is 2. The minimum atomic E-state index is -0.295. The zero-order valence-electron chi connectivity index (χ0n) is 19.0. The summed E-state index contributed by atoms with van der Waals surface area (Å²) in [5.74, 6) is 0.0118. The molecular formula is C27H30N2O2S. The van der Waals surface area contributed by atoms with Crippen LogP contribution in [0, 0.1) is 5.41 Å². The van der Waals surface area contributed by atoms with Gasteiger partial charge in [0.2, 0.25) is 11.8 Å². The monoisotopic (exact) mass is 446 g/mol. The van der Waals surface area contributed by atoms with Crippen molar-refractivity contribution in [3.63, 3.8) is 0 Å². The molecule has 3 rings (SSSR count). The lowest BCUT2D eigenvalue weighted by atomic mass is 9.92. The van der Waals surface area contributed by atoms with Gasteiger partial charge in [0, 0.05) is 28.4 Å². The van der Waals surface area contributed by atoms with Crippen molar-refractivity contribution < 1.29 is 9.59 Å². The van der Waals surface area contributed by atoms with Gasteiger partial charge in [-0.05, 0) is 60.9 Å². The van der Waals surface area contributed by atoms with E-state index in [1.54, 1.807) is 4.90 Å². The third kappa shape index (κ3) is 6.72. The molecule has 3 aromatic rings. The van der Waals surface area contributed by atoms with E-state index >= 15 is 0 Å². The van der Waals surface area contributed by atoms with E-state index < -0.39 is 0 Å². The number of carbonyl (C=O) groups is 2. The van der Waals surface area contributed by atoms with Crippen LogP contribution in [0.5, 0.6) is 0 Å². The van der Waals surface area contributed by atoms with Gasteiger partial charge in [0.05, 0.1) is 5.25 Å². The molecule has 0 aliphatic heterocycles. The van der Waals surface area contributed by atoms with Gasteiger partial charge < -0.3 is 5.32 Å². The molecule has 0 aromatic heterocycles. The Morgan fingerprint density at radius 1 is 0.844 bits per heavy atom. The highest BCUT2D eigenvalue weighted by molar-refractivity contribution is 8.00. The van der Waals surface area contributed by atoms with Crippen molar-refractivity contribution in [2.24, 2.45) is 5.41 Å². The van der Waals surface area contributed by atoms with E-state index in [0.29, 0.717) is 6.42 Å². The Balaban J connectivity index is 1.70. The first kappa shape index (κ1) is 23.6. The van der Waals surface area contributed by atoms with Gasteiger partial charge in [0.15, 0.2) is 0 Å². The van der Waals surface area contributed by atoms with Gasteiger partial charge in [0.1, 0.15) is 0 Å². The fourth-order valence-electron chi connectivity index (χ4n) is 3.30. The molecule has 1 atom stereocenters. The number of benzene rings is 3. The van der Waals surface area contributed by atoms with Crippen LogP contribution in [-0.4, -0.2) is 17.1 Å². The van der Waals surface area contributed by atoms with E-state index in [1.165, 1.54) is 11.8 Å². The molecule has 0 fully saturated rings. The number of para-hydroxylation sites is 2. The first-order valence-electron chi connectivity index (χ1n) is 10.7. The number of anilines is 3. The van der Waals surface area contributed by atoms with E-state index in [9.17, 15) is 9.59 Å². The van der Waals surface area contributed by atoms with Crippen molar-refractivity contribution in [1.29, 1.82) is 0 Å². The number of thioether (sulfide) groups is 1. The largest absolute Gasteiger partial charge is 0.326 e. The highest BCUT2D eigenvalue weighted by Crippen LogP contribution is 2.31. The predicted octanol–water partition coefficient (Wildman–Crippen LogP) is 6.91. The summed E-state index contributed by atoms with van der Waals surface area (Å²) in [5, 5.41) is 2.64. The molecule has 2 amide bonds. The standard InChI is InChI=1S/C27H30N2O2S/c1-20(32-24-17-15-21(16-18-24)28-25(30)19-27(2,3)4)26(31)29(22-11-7-5-8-12-22)23-13-9-6-10-14-23/h5-18,20H,19H2,1-4H3,(H,28,30). The molecule has 166 valence electrons. The van der Waals surface area contributed by atoms with Gasteiger partial charge in [-0.15, -0.1) is 11.8 Å². The number of nitrogens with one attached hydrogen (secondary N) is 1. The third-order valence-electron chi connectivity index (χ3n) is 4.74. The molecule has 5 heteroatoms. The molecule has 0 aliphatic rings. The van der Waals surface area contributed by atoms with Gasteiger partial charge in [-0.3, -0.25) is 14.5 Å². The van der Waals surface area contributed by atoms with Crippen LogP contribution in [0.4, 0.5) is 17.1 Å². The fourth-order valence-corrected chi connectivity index (χ4v) is 4.21. The van der Waals surface area contributed by atoms with Gasteiger partial charge in [-0.1, -0.05) is 57.2 Å². The number of hydrogen-bond donors (Lipinski definition) is 1. The third-order valence-corrected chi connectivity index (χ3v) is 5.84. The Bertz CT molecular complexity index is 989. The quantitative estimate of drug-likeness (QED) is 0.401. The molecule has 0 radical (unpaired) electrons. The van der Waals surface area contributed by atoms with Gasteiger partial charge >= 0.3 is 0 Å². The molecule has 0 saturated carbocycles. The van der Waals surface area contributed by atoms with E-state index in [0.717, 1.165) is 22.0 Å².